The fraction of sp³-hybridized carbons (Fsp3) is 0.750. The summed E-state index contributed by atoms with van der Waals surface area (Å²) in [6, 6.07) is 0. The molecule has 21 heavy (non-hydrogen) atoms. The molecule has 4 N–H and O–H groups in total. The zero-order valence-corrected chi connectivity index (χ0v) is 15.0. The van der Waals surface area contributed by atoms with E-state index in [0.717, 1.165) is 19.3 Å². The van der Waals surface area contributed by atoms with Crippen molar-refractivity contribution in [3.05, 3.63) is 0 Å². The Labute approximate surface area is 145 Å². The summed E-state index contributed by atoms with van der Waals surface area (Å²) in [6.45, 7) is 5.52. The van der Waals surface area contributed by atoms with Crippen molar-refractivity contribution in [3.8, 4) is 0 Å². The van der Waals surface area contributed by atoms with Crippen molar-refractivity contribution in [2.24, 2.45) is 0 Å². The van der Waals surface area contributed by atoms with Crippen LogP contribution in [0.15, 0.2) is 0 Å². The molecule has 0 heterocycles. The van der Waals surface area contributed by atoms with Gasteiger partial charge in [-0.05, 0) is 19.3 Å². The minimum absolute atomic E-state index is 0. The molecule has 0 saturated carbocycles. The minimum Gasteiger partial charge on any atom is -0.481 e. The van der Waals surface area contributed by atoms with Gasteiger partial charge in [-0.2, -0.15) is 0 Å². The Hall–Kier alpha value is -0.626. The van der Waals surface area contributed by atoms with Crippen LogP contribution in [0.2, 0.25) is 0 Å². The van der Waals surface area contributed by atoms with Gasteiger partial charge in [0.05, 0.1) is 11.9 Å². The first kappa shape index (κ1) is 32.4. The van der Waals surface area contributed by atoms with Gasteiger partial charge < -0.3 is 15.3 Å². The molecular formula is C12H25ClO7Ti. The van der Waals surface area contributed by atoms with Crippen LogP contribution in [-0.2, 0) is 36.1 Å². The Morgan fingerprint density at radius 2 is 0.810 bits per heavy atom. The van der Waals surface area contributed by atoms with Gasteiger partial charge in [0.25, 0.3) is 0 Å². The summed E-state index contributed by atoms with van der Waals surface area (Å²) in [5.41, 5.74) is 0. The van der Waals surface area contributed by atoms with Crippen molar-refractivity contribution >= 4 is 29.8 Å². The molecule has 126 valence electrons. The van der Waals surface area contributed by atoms with E-state index >= 15 is 0 Å². The first-order valence-electron chi connectivity index (χ1n) is 6.13. The van der Waals surface area contributed by atoms with Gasteiger partial charge in [-0.3, -0.25) is 19.0 Å². The van der Waals surface area contributed by atoms with Crippen LogP contribution >= 0.6 is 11.9 Å². The molecule has 0 aromatic rings. The number of rotatable bonds is 6. The van der Waals surface area contributed by atoms with E-state index in [2.05, 4.69) is 11.9 Å². The van der Waals surface area contributed by atoms with Gasteiger partial charge in [0.15, 0.2) is 0 Å². The van der Waals surface area contributed by atoms with Gasteiger partial charge in [0.2, 0.25) is 0 Å². The molecule has 0 radical (unpaired) electrons. The van der Waals surface area contributed by atoms with Crippen molar-refractivity contribution < 1.29 is 56.1 Å². The molecule has 0 bridgehead atoms. The summed E-state index contributed by atoms with van der Waals surface area (Å²) in [4.78, 5) is 28.8. The molecule has 0 atom stereocenters. The smallest absolute Gasteiger partial charge is 0.303 e. The summed E-state index contributed by atoms with van der Waals surface area (Å²) in [7, 11) is 0. The molecule has 0 aromatic heterocycles. The largest absolute Gasteiger partial charge is 0.481 e. The number of carbonyl (C=O) groups is 3. The molecular weight excluding hydrogens is 339 g/mol. The maximum atomic E-state index is 9.60. The first-order chi connectivity index (χ1) is 9.31. The first-order valence-corrected chi connectivity index (χ1v) is 6.47. The molecule has 0 amide bonds. The van der Waals surface area contributed by atoms with Crippen LogP contribution in [0.4, 0.5) is 0 Å². The molecule has 0 aliphatic heterocycles. The molecule has 0 rings (SSSR count). The molecule has 0 aliphatic rings. The van der Waals surface area contributed by atoms with Crippen LogP contribution in [0.1, 0.15) is 59.3 Å². The van der Waals surface area contributed by atoms with E-state index in [-0.39, 0.29) is 21.7 Å². The standard InChI is InChI=1S/3C4H8O2.ClHO.Ti/c3*1-2-3-4(5)6;1-2;/h3*2-3H2,1H3,(H,5,6);2H;. The fourth-order valence-corrected chi connectivity index (χ4v) is 0.642. The van der Waals surface area contributed by atoms with Gasteiger partial charge in [0, 0.05) is 41.0 Å². The summed E-state index contributed by atoms with van der Waals surface area (Å²) < 4.78 is 6.47. The van der Waals surface area contributed by atoms with E-state index in [0.29, 0.717) is 19.3 Å². The number of hydrogen-bond acceptors (Lipinski definition) is 4. The van der Waals surface area contributed by atoms with E-state index in [1.807, 2.05) is 20.8 Å². The Morgan fingerprint density at radius 1 is 0.667 bits per heavy atom. The summed E-state index contributed by atoms with van der Waals surface area (Å²) >= 11 is 3.64. The summed E-state index contributed by atoms with van der Waals surface area (Å²) in [5, 5.41) is 23.7. The van der Waals surface area contributed by atoms with Gasteiger partial charge in [0.1, 0.15) is 0 Å². The van der Waals surface area contributed by atoms with Crippen LogP contribution in [0.3, 0.4) is 0 Å². The van der Waals surface area contributed by atoms with E-state index in [1.165, 1.54) is 0 Å². The van der Waals surface area contributed by atoms with Crippen LogP contribution in [0, 0.1) is 0 Å². The van der Waals surface area contributed by atoms with E-state index < -0.39 is 17.9 Å². The predicted molar refractivity (Wildman–Crippen MR) is 75.7 cm³/mol. The molecule has 0 aromatic carbocycles. The third-order valence-electron chi connectivity index (χ3n) is 1.39. The SMILES string of the molecule is CCCC(=O)O.CCCC(=O)O.CCCC(=O)O.OCl.[Ti]. The maximum absolute atomic E-state index is 9.60. The van der Waals surface area contributed by atoms with Crippen molar-refractivity contribution in [2.45, 2.75) is 59.3 Å². The summed E-state index contributed by atoms with van der Waals surface area (Å²) in [6.07, 6.45) is 3.07. The van der Waals surface area contributed by atoms with Crippen molar-refractivity contribution in [1.29, 1.82) is 0 Å². The molecule has 0 spiro atoms. The Morgan fingerprint density at radius 3 is 0.810 bits per heavy atom. The van der Waals surface area contributed by atoms with E-state index in [9.17, 15) is 14.4 Å². The summed E-state index contributed by atoms with van der Waals surface area (Å²) in [5.74, 6) is -2.13. The normalized spacial score (nSPS) is 7.29. The Balaban J connectivity index is -0.0000000561. The van der Waals surface area contributed by atoms with E-state index in [4.69, 9.17) is 20.0 Å². The van der Waals surface area contributed by atoms with Crippen molar-refractivity contribution in [3.63, 3.8) is 0 Å². The molecule has 0 fully saturated rings. The van der Waals surface area contributed by atoms with Gasteiger partial charge in [-0.1, -0.05) is 20.8 Å². The number of carboxylic acid groups (broad SMARTS) is 3. The second-order valence-corrected chi connectivity index (χ2v) is 3.43. The number of carboxylic acids is 3. The van der Waals surface area contributed by atoms with Gasteiger partial charge >= 0.3 is 17.9 Å². The third kappa shape index (κ3) is 83.4. The van der Waals surface area contributed by atoms with Crippen LogP contribution in [0.5, 0.6) is 0 Å². The second kappa shape index (κ2) is 31.7. The number of hydrogen-bond donors (Lipinski definition) is 4. The van der Waals surface area contributed by atoms with Gasteiger partial charge in [-0.25, -0.2) is 0 Å². The van der Waals surface area contributed by atoms with Crippen LogP contribution < -0.4 is 0 Å². The average Bonchev–Trinajstić information content (AvgIpc) is 2.32. The Bertz CT molecular complexity index is 200. The minimum atomic E-state index is -0.711. The second-order valence-electron chi connectivity index (χ2n) is 3.43. The quantitative estimate of drug-likeness (QED) is 0.533. The average molecular weight is 365 g/mol. The molecule has 0 aliphatic carbocycles. The molecule has 0 unspecified atom stereocenters. The van der Waals surface area contributed by atoms with Crippen molar-refractivity contribution in [2.75, 3.05) is 0 Å². The zero-order valence-electron chi connectivity index (χ0n) is 12.6. The van der Waals surface area contributed by atoms with Crippen molar-refractivity contribution in [1.82, 2.24) is 0 Å². The number of halogens is 1. The fourth-order valence-electron chi connectivity index (χ4n) is 0.642. The Kier molecular flexibility index (Phi) is 48.8. The predicted octanol–water partition coefficient (Wildman–Crippen LogP) is 2.74. The molecule has 0 saturated heterocycles. The monoisotopic (exact) mass is 364 g/mol. The van der Waals surface area contributed by atoms with Gasteiger partial charge in [-0.15, -0.1) is 0 Å². The zero-order chi connectivity index (χ0) is 17.0. The third-order valence-corrected chi connectivity index (χ3v) is 1.39. The maximum Gasteiger partial charge on any atom is 0.303 e. The van der Waals surface area contributed by atoms with E-state index in [1.54, 1.807) is 0 Å². The molecule has 9 heteroatoms. The topological polar surface area (TPSA) is 132 Å². The van der Waals surface area contributed by atoms with Crippen LogP contribution in [-0.4, -0.2) is 37.9 Å². The molecule has 7 nitrogen and oxygen atoms in total. The van der Waals surface area contributed by atoms with Crippen LogP contribution in [0.25, 0.3) is 0 Å². The number of aliphatic carboxylic acids is 3.